The second-order valence-electron chi connectivity index (χ2n) is 3.71. The van der Waals surface area contributed by atoms with Gasteiger partial charge in [-0.2, -0.15) is 0 Å². The Bertz CT molecular complexity index is 489. The van der Waals surface area contributed by atoms with Crippen molar-refractivity contribution >= 4 is 11.6 Å². The Hall–Kier alpha value is -2.07. The van der Waals surface area contributed by atoms with Gasteiger partial charge < -0.3 is 15.1 Å². The van der Waals surface area contributed by atoms with Crippen molar-refractivity contribution in [1.29, 1.82) is 0 Å². The molecule has 88 valence electrons. The summed E-state index contributed by atoms with van der Waals surface area (Å²) in [6, 6.07) is 10.9. The van der Waals surface area contributed by atoms with E-state index < -0.39 is 0 Å². The van der Waals surface area contributed by atoms with Crippen LogP contribution in [-0.4, -0.2) is 13.0 Å². The molecule has 1 aromatic carbocycles. The molecule has 17 heavy (non-hydrogen) atoms. The molecule has 0 aliphatic rings. The number of nitrogens with zero attached hydrogens (tertiary/aromatic N) is 1. The van der Waals surface area contributed by atoms with Crippen molar-refractivity contribution in [2.45, 2.75) is 6.54 Å². The normalized spacial score (nSPS) is 10.2. The first-order valence-electron chi connectivity index (χ1n) is 5.33. The van der Waals surface area contributed by atoms with Gasteiger partial charge in [0.25, 0.3) is 5.91 Å². The lowest BCUT2D eigenvalue weighted by molar-refractivity contribution is 0.0966. The Morgan fingerprint density at radius 1 is 1.29 bits per heavy atom. The summed E-state index contributed by atoms with van der Waals surface area (Å²) in [4.78, 5) is 13.5. The van der Waals surface area contributed by atoms with Crippen LogP contribution in [0, 0.1) is 0 Å². The number of hydrogen-bond acceptors (Lipinski definition) is 3. The fourth-order valence-corrected chi connectivity index (χ4v) is 1.54. The van der Waals surface area contributed by atoms with Crippen LogP contribution in [-0.2, 0) is 6.54 Å². The number of furan rings is 1. The second-order valence-corrected chi connectivity index (χ2v) is 3.71. The number of anilines is 1. The molecule has 1 amide bonds. The van der Waals surface area contributed by atoms with Crippen LogP contribution in [0.4, 0.5) is 5.69 Å². The number of hydrogen-bond donors (Lipinski definition) is 1. The van der Waals surface area contributed by atoms with Crippen LogP contribution >= 0.6 is 0 Å². The molecule has 4 nitrogen and oxygen atoms in total. The van der Waals surface area contributed by atoms with Gasteiger partial charge in [0, 0.05) is 19.3 Å². The van der Waals surface area contributed by atoms with Crippen molar-refractivity contribution in [2.24, 2.45) is 5.73 Å². The number of nitrogens with two attached hydrogens (primary N) is 1. The van der Waals surface area contributed by atoms with Gasteiger partial charge in [-0.1, -0.05) is 12.1 Å². The number of amides is 1. The Labute approximate surface area is 99.6 Å². The Morgan fingerprint density at radius 3 is 2.53 bits per heavy atom. The van der Waals surface area contributed by atoms with E-state index in [4.69, 9.17) is 10.2 Å². The minimum Gasteiger partial charge on any atom is -0.459 e. The van der Waals surface area contributed by atoms with Gasteiger partial charge in [-0.15, -0.1) is 0 Å². The van der Waals surface area contributed by atoms with Gasteiger partial charge in [0.1, 0.15) is 0 Å². The second kappa shape index (κ2) is 4.84. The Kier molecular flexibility index (Phi) is 3.25. The predicted molar refractivity (Wildman–Crippen MR) is 65.8 cm³/mol. The molecule has 0 fully saturated rings. The highest BCUT2D eigenvalue weighted by Gasteiger charge is 2.15. The van der Waals surface area contributed by atoms with E-state index in [1.807, 2.05) is 24.3 Å². The highest BCUT2D eigenvalue weighted by molar-refractivity contribution is 6.03. The molecule has 0 aliphatic heterocycles. The van der Waals surface area contributed by atoms with E-state index in [0.29, 0.717) is 12.3 Å². The maximum absolute atomic E-state index is 12.0. The van der Waals surface area contributed by atoms with Crippen molar-refractivity contribution in [3.8, 4) is 0 Å². The number of rotatable bonds is 3. The van der Waals surface area contributed by atoms with Crippen LogP contribution in [0.15, 0.2) is 47.1 Å². The lowest BCUT2D eigenvalue weighted by atomic mass is 10.2. The van der Waals surface area contributed by atoms with Crippen LogP contribution in [0.1, 0.15) is 16.1 Å². The molecule has 0 unspecified atom stereocenters. The molecule has 0 aliphatic carbocycles. The van der Waals surface area contributed by atoms with Crippen molar-refractivity contribution in [2.75, 3.05) is 11.9 Å². The van der Waals surface area contributed by atoms with E-state index in [-0.39, 0.29) is 5.91 Å². The average molecular weight is 230 g/mol. The van der Waals surface area contributed by atoms with Gasteiger partial charge in [0.2, 0.25) is 0 Å². The zero-order valence-corrected chi connectivity index (χ0v) is 9.59. The van der Waals surface area contributed by atoms with Crippen LogP contribution in [0.3, 0.4) is 0 Å². The molecule has 0 saturated carbocycles. The average Bonchev–Trinajstić information content (AvgIpc) is 2.91. The third-order valence-corrected chi connectivity index (χ3v) is 2.60. The zero-order valence-electron chi connectivity index (χ0n) is 9.59. The monoisotopic (exact) mass is 230 g/mol. The van der Waals surface area contributed by atoms with E-state index in [1.54, 1.807) is 24.1 Å². The molecule has 1 heterocycles. The molecule has 0 atom stereocenters. The molecular weight excluding hydrogens is 216 g/mol. The first-order valence-corrected chi connectivity index (χ1v) is 5.33. The SMILES string of the molecule is CN(C(=O)c1ccco1)c1ccc(CN)cc1. The fraction of sp³-hybridized carbons (Fsp3) is 0.154. The van der Waals surface area contributed by atoms with E-state index >= 15 is 0 Å². The summed E-state index contributed by atoms with van der Waals surface area (Å²) in [7, 11) is 1.71. The largest absolute Gasteiger partial charge is 0.459 e. The molecular formula is C13H14N2O2. The minimum atomic E-state index is -0.171. The van der Waals surface area contributed by atoms with E-state index in [0.717, 1.165) is 11.3 Å². The van der Waals surface area contributed by atoms with Gasteiger partial charge >= 0.3 is 0 Å². The van der Waals surface area contributed by atoms with Crippen LogP contribution in [0.25, 0.3) is 0 Å². The van der Waals surface area contributed by atoms with Crippen LogP contribution in [0.2, 0.25) is 0 Å². The molecule has 0 radical (unpaired) electrons. The van der Waals surface area contributed by atoms with E-state index in [1.165, 1.54) is 6.26 Å². The third kappa shape index (κ3) is 2.37. The molecule has 0 bridgehead atoms. The van der Waals surface area contributed by atoms with Gasteiger partial charge in [-0.25, -0.2) is 0 Å². The molecule has 2 rings (SSSR count). The highest BCUT2D eigenvalue weighted by Crippen LogP contribution is 2.16. The summed E-state index contributed by atoms with van der Waals surface area (Å²) in [6.07, 6.45) is 1.48. The molecule has 1 aromatic heterocycles. The van der Waals surface area contributed by atoms with Crippen molar-refractivity contribution < 1.29 is 9.21 Å². The summed E-state index contributed by atoms with van der Waals surface area (Å²) < 4.78 is 5.07. The Morgan fingerprint density at radius 2 is 2.00 bits per heavy atom. The molecule has 0 saturated heterocycles. The fourth-order valence-electron chi connectivity index (χ4n) is 1.54. The third-order valence-electron chi connectivity index (χ3n) is 2.60. The lowest BCUT2D eigenvalue weighted by Crippen LogP contribution is -2.25. The number of carbonyl (C=O) groups excluding carboxylic acids is 1. The minimum absolute atomic E-state index is 0.171. The summed E-state index contributed by atoms with van der Waals surface area (Å²) in [5, 5.41) is 0. The van der Waals surface area contributed by atoms with Gasteiger partial charge in [-0.3, -0.25) is 4.79 Å². The maximum Gasteiger partial charge on any atom is 0.293 e. The number of carbonyl (C=O) groups is 1. The van der Waals surface area contributed by atoms with Crippen molar-refractivity contribution in [1.82, 2.24) is 0 Å². The molecule has 0 spiro atoms. The number of benzene rings is 1. The summed E-state index contributed by atoms with van der Waals surface area (Å²) in [5.74, 6) is 0.158. The van der Waals surface area contributed by atoms with E-state index in [2.05, 4.69) is 0 Å². The van der Waals surface area contributed by atoms with Crippen LogP contribution in [0.5, 0.6) is 0 Å². The quantitative estimate of drug-likeness (QED) is 0.877. The first kappa shape index (κ1) is 11.4. The predicted octanol–water partition coefficient (Wildman–Crippen LogP) is 2.01. The van der Waals surface area contributed by atoms with Gasteiger partial charge in [0.15, 0.2) is 5.76 Å². The standard InChI is InChI=1S/C13H14N2O2/c1-15(13(16)12-3-2-8-17-12)11-6-4-10(9-14)5-7-11/h2-8H,9,14H2,1H3. The summed E-state index contributed by atoms with van der Waals surface area (Å²) >= 11 is 0. The van der Waals surface area contributed by atoms with Gasteiger partial charge in [-0.05, 0) is 29.8 Å². The van der Waals surface area contributed by atoms with Crippen LogP contribution < -0.4 is 10.6 Å². The molecule has 2 aromatic rings. The topological polar surface area (TPSA) is 59.5 Å². The molecule has 4 heteroatoms. The zero-order chi connectivity index (χ0) is 12.3. The first-order chi connectivity index (χ1) is 8.22. The van der Waals surface area contributed by atoms with E-state index in [9.17, 15) is 4.79 Å². The Balaban J connectivity index is 2.19. The highest BCUT2D eigenvalue weighted by atomic mass is 16.3. The maximum atomic E-state index is 12.0. The smallest absolute Gasteiger partial charge is 0.293 e. The summed E-state index contributed by atoms with van der Waals surface area (Å²) in [6.45, 7) is 0.496. The molecule has 2 N–H and O–H groups in total. The van der Waals surface area contributed by atoms with Gasteiger partial charge in [0.05, 0.1) is 6.26 Å². The van der Waals surface area contributed by atoms with Crippen molar-refractivity contribution in [3.63, 3.8) is 0 Å². The van der Waals surface area contributed by atoms with Crippen molar-refractivity contribution in [3.05, 3.63) is 54.0 Å². The summed E-state index contributed by atoms with van der Waals surface area (Å²) in [5.41, 5.74) is 7.36. The lowest BCUT2D eigenvalue weighted by Gasteiger charge is -2.16.